The maximum Gasteiger partial charge on any atom is 0.261 e. The lowest BCUT2D eigenvalue weighted by Crippen LogP contribution is -2.13. The maximum atomic E-state index is 12.8. The second kappa shape index (κ2) is 7.13. The van der Waals surface area contributed by atoms with E-state index in [2.05, 4.69) is 15.5 Å². The van der Waals surface area contributed by atoms with Crippen molar-refractivity contribution in [3.8, 4) is 11.5 Å². The average molecular weight is 384 g/mol. The van der Waals surface area contributed by atoms with Gasteiger partial charge in [-0.15, -0.1) is 11.3 Å². The first kappa shape index (κ1) is 17.7. The van der Waals surface area contributed by atoms with Gasteiger partial charge in [0.15, 0.2) is 5.82 Å². The first-order valence-electron chi connectivity index (χ1n) is 8.64. The summed E-state index contributed by atoms with van der Waals surface area (Å²) in [5.74, 6) is 0.830. The molecule has 0 fully saturated rings. The molecule has 1 amide bonds. The summed E-state index contributed by atoms with van der Waals surface area (Å²) in [5, 5.41) is 7.64. The van der Waals surface area contributed by atoms with Crippen LogP contribution in [0.3, 0.4) is 0 Å². The smallest absolute Gasteiger partial charge is 0.261 e. The lowest BCUT2D eigenvalue weighted by molar-refractivity contribution is 0.102. The van der Waals surface area contributed by atoms with E-state index in [1.54, 1.807) is 6.92 Å². The molecule has 1 aliphatic heterocycles. The number of benzene rings is 1. The third kappa shape index (κ3) is 3.45. The van der Waals surface area contributed by atoms with Gasteiger partial charge in [0.25, 0.3) is 11.8 Å². The van der Waals surface area contributed by atoms with Crippen molar-refractivity contribution in [1.82, 2.24) is 10.1 Å². The third-order valence-corrected chi connectivity index (χ3v) is 5.56. The molecule has 4 rings (SSSR count). The maximum absolute atomic E-state index is 12.8. The summed E-state index contributed by atoms with van der Waals surface area (Å²) in [6.45, 7) is 2.95. The van der Waals surface area contributed by atoms with E-state index < -0.39 is 0 Å². The number of nitrogens with one attached hydrogen (secondary N) is 1. The van der Waals surface area contributed by atoms with Crippen LogP contribution in [-0.4, -0.2) is 36.8 Å². The zero-order valence-corrected chi connectivity index (χ0v) is 16.2. The second-order valence-corrected chi connectivity index (χ2v) is 7.66. The lowest BCUT2D eigenvalue weighted by Gasteiger charge is -2.13. The molecule has 1 aromatic carbocycles. The Morgan fingerprint density at radius 1 is 1.26 bits per heavy atom. The minimum absolute atomic E-state index is 0.169. The van der Waals surface area contributed by atoms with Crippen molar-refractivity contribution in [3.63, 3.8) is 0 Å². The molecule has 1 N–H and O–H groups in total. The summed E-state index contributed by atoms with van der Waals surface area (Å²) >= 11 is 1.50. The van der Waals surface area contributed by atoms with Gasteiger partial charge in [0, 0.05) is 30.2 Å². The molecule has 0 bridgehead atoms. The summed E-state index contributed by atoms with van der Waals surface area (Å²) in [6, 6.07) is 7.48. The molecular formula is C19H20N4O3S. The minimum Gasteiger partial charge on any atom is -0.378 e. The van der Waals surface area contributed by atoms with Crippen molar-refractivity contribution in [3.05, 3.63) is 46.1 Å². The number of amides is 1. The fourth-order valence-electron chi connectivity index (χ4n) is 3.03. The van der Waals surface area contributed by atoms with Crippen molar-refractivity contribution in [2.45, 2.75) is 20.0 Å². The molecule has 7 nitrogen and oxygen atoms in total. The van der Waals surface area contributed by atoms with Crippen molar-refractivity contribution in [2.75, 3.05) is 30.9 Å². The molecule has 2 aromatic heterocycles. The van der Waals surface area contributed by atoms with Gasteiger partial charge < -0.3 is 19.5 Å². The number of aryl methyl sites for hydroxylation is 1. The van der Waals surface area contributed by atoms with Gasteiger partial charge >= 0.3 is 0 Å². The first-order valence-corrected chi connectivity index (χ1v) is 9.46. The Labute approximate surface area is 161 Å². The van der Waals surface area contributed by atoms with Crippen LogP contribution in [0, 0.1) is 6.92 Å². The van der Waals surface area contributed by atoms with Crippen LogP contribution in [0.2, 0.25) is 0 Å². The van der Waals surface area contributed by atoms with E-state index in [4.69, 9.17) is 9.26 Å². The van der Waals surface area contributed by atoms with E-state index in [9.17, 15) is 4.79 Å². The molecule has 3 heterocycles. The van der Waals surface area contributed by atoms with E-state index in [0.29, 0.717) is 30.5 Å². The molecule has 0 saturated heterocycles. The van der Waals surface area contributed by atoms with Gasteiger partial charge in [-0.2, -0.15) is 4.98 Å². The SMILES string of the molecule is Cc1noc(-c2c(NC(=O)c3ccc(N(C)C)cc3)sc3c2CCOC3)n1. The predicted octanol–water partition coefficient (Wildman–Crippen LogP) is 3.50. The van der Waals surface area contributed by atoms with Crippen molar-refractivity contribution < 1.29 is 14.1 Å². The summed E-state index contributed by atoms with van der Waals surface area (Å²) in [7, 11) is 3.93. The zero-order valence-electron chi connectivity index (χ0n) is 15.4. The molecule has 0 atom stereocenters. The average Bonchev–Trinajstić information content (AvgIpc) is 3.24. The monoisotopic (exact) mass is 384 g/mol. The highest BCUT2D eigenvalue weighted by atomic mass is 32.1. The van der Waals surface area contributed by atoms with Gasteiger partial charge in [-0.05, 0) is 43.2 Å². The van der Waals surface area contributed by atoms with Crippen LogP contribution >= 0.6 is 11.3 Å². The van der Waals surface area contributed by atoms with Crippen LogP contribution in [0.25, 0.3) is 11.5 Å². The largest absolute Gasteiger partial charge is 0.378 e. The van der Waals surface area contributed by atoms with Crippen LogP contribution in [-0.2, 0) is 17.8 Å². The number of hydrogen-bond donors (Lipinski definition) is 1. The van der Waals surface area contributed by atoms with Crippen LogP contribution in [0.4, 0.5) is 10.7 Å². The third-order valence-electron chi connectivity index (χ3n) is 4.43. The molecule has 140 valence electrons. The molecule has 0 spiro atoms. The van der Waals surface area contributed by atoms with Crippen LogP contribution in [0.15, 0.2) is 28.8 Å². The number of rotatable bonds is 4. The highest BCUT2D eigenvalue weighted by molar-refractivity contribution is 7.17. The normalized spacial score (nSPS) is 13.3. The molecule has 0 radical (unpaired) electrons. The van der Waals surface area contributed by atoms with Crippen LogP contribution in [0.5, 0.6) is 0 Å². The number of ether oxygens (including phenoxy) is 1. The first-order chi connectivity index (χ1) is 13.0. The van der Waals surface area contributed by atoms with Gasteiger partial charge in [0.1, 0.15) is 5.00 Å². The number of thiophene rings is 1. The summed E-state index contributed by atoms with van der Waals surface area (Å²) in [5.41, 5.74) is 3.57. The molecule has 3 aromatic rings. The van der Waals surface area contributed by atoms with Crippen molar-refractivity contribution in [2.24, 2.45) is 0 Å². The predicted molar refractivity (Wildman–Crippen MR) is 104 cm³/mol. The summed E-state index contributed by atoms with van der Waals surface area (Å²) in [6.07, 6.45) is 0.760. The van der Waals surface area contributed by atoms with Gasteiger partial charge in [-0.25, -0.2) is 0 Å². The fourth-order valence-corrected chi connectivity index (χ4v) is 4.20. The number of fused-ring (bicyclic) bond motifs is 1. The highest BCUT2D eigenvalue weighted by Crippen LogP contribution is 2.42. The highest BCUT2D eigenvalue weighted by Gasteiger charge is 2.26. The Morgan fingerprint density at radius 2 is 2.04 bits per heavy atom. The van der Waals surface area contributed by atoms with Gasteiger partial charge in [-0.1, -0.05) is 5.16 Å². The Kier molecular flexibility index (Phi) is 4.67. The number of hydrogen-bond acceptors (Lipinski definition) is 7. The fraction of sp³-hybridized carbons (Fsp3) is 0.316. The summed E-state index contributed by atoms with van der Waals surface area (Å²) in [4.78, 5) is 20.2. The van der Waals surface area contributed by atoms with Crippen molar-refractivity contribution >= 4 is 27.9 Å². The van der Waals surface area contributed by atoms with Crippen LogP contribution in [0.1, 0.15) is 26.6 Å². The van der Waals surface area contributed by atoms with E-state index in [1.807, 2.05) is 43.3 Å². The van der Waals surface area contributed by atoms with Crippen LogP contribution < -0.4 is 10.2 Å². The Balaban J connectivity index is 1.67. The van der Waals surface area contributed by atoms with E-state index in [1.165, 1.54) is 11.3 Å². The van der Waals surface area contributed by atoms with E-state index in [0.717, 1.165) is 33.1 Å². The molecule has 0 aliphatic carbocycles. The summed E-state index contributed by atoms with van der Waals surface area (Å²) < 4.78 is 10.9. The molecule has 0 saturated carbocycles. The number of anilines is 2. The number of nitrogens with zero attached hydrogens (tertiary/aromatic N) is 3. The molecule has 8 heteroatoms. The van der Waals surface area contributed by atoms with Gasteiger partial charge in [0.05, 0.1) is 18.8 Å². The Hall–Kier alpha value is -2.71. The molecule has 0 unspecified atom stereocenters. The van der Waals surface area contributed by atoms with E-state index in [-0.39, 0.29) is 5.91 Å². The Morgan fingerprint density at radius 3 is 2.70 bits per heavy atom. The number of aromatic nitrogens is 2. The topological polar surface area (TPSA) is 80.5 Å². The second-order valence-electron chi connectivity index (χ2n) is 6.55. The standard InChI is InChI=1S/C19H20N4O3S/c1-11-20-18(26-22-11)16-14-8-9-25-10-15(14)27-19(16)21-17(24)12-4-6-13(7-5-12)23(2)3/h4-7H,8-10H2,1-3H3,(H,21,24). The number of carbonyl (C=O) groups is 1. The minimum atomic E-state index is -0.169. The molecule has 27 heavy (non-hydrogen) atoms. The van der Waals surface area contributed by atoms with E-state index >= 15 is 0 Å². The quantitative estimate of drug-likeness (QED) is 0.742. The zero-order chi connectivity index (χ0) is 19.0. The lowest BCUT2D eigenvalue weighted by atomic mass is 10.1. The van der Waals surface area contributed by atoms with Gasteiger partial charge in [0.2, 0.25) is 0 Å². The van der Waals surface area contributed by atoms with Crippen molar-refractivity contribution in [1.29, 1.82) is 0 Å². The van der Waals surface area contributed by atoms with Gasteiger partial charge in [-0.3, -0.25) is 4.79 Å². The Bertz CT molecular complexity index is 976. The molecular weight excluding hydrogens is 364 g/mol. The molecule has 1 aliphatic rings. The number of carbonyl (C=O) groups excluding carboxylic acids is 1.